The van der Waals surface area contributed by atoms with Gasteiger partial charge in [0.2, 0.25) is 0 Å². The summed E-state index contributed by atoms with van der Waals surface area (Å²) in [5.41, 5.74) is 1.68. The van der Waals surface area contributed by atoms with E-state index >= 15 is 0 Å². The Labute approximate surface area is 126 Å². The van der Waals surface area contributed by atoms with E-state index in [0.29, 0.717) is 13.1 Å². The predicted molar refractivity (Wildman–Crippen MR) is 80.9 cm³/mol. The van der Waals surface area contributed by atoms with Crippen LogP contribution in [0.4, 0.5) is 4.79 Å². The molecule has 1 heterocycles. The summed E-state index contributed by atoms with van der Waals surface area (Å²) in [5, 5.41) is 15.9. The molecule has 0 saturated heterocycles. The minimum absolute atomic E-state index is 0.0900. The first-order valence-corrected chi connectivity index (χ1v) is 7.28. The van der Waals surface area contributed by atoms with Crippen LogP contribution in [0.25, 0.3) is 0 Å². The van der Waals surface area contributed by atoms with Gasteiger partial charge in [0.1, 0.15) is 5.76 Å². The molecule has 0 radical (unpaired) electrons. The van der Waals surface area contributed by atoms with Gasteiger partial charge in [-0.2, -0.15) is 0 Å². The van der Waals surface area contributed by atoms with Crippen molar-refractivity contribution >= 4 is 6.03 Å². The average molecular weight is 297 g/mol. The SMILES string of the molecule is Cc1noc(C)c1CN(C)C(=O)NCCCC(C)(C)CO. The van der Waals surface area contributed by atoms with Crippen molar-refractivity contribution in [1.82, 2.24) is 15.4 Å². The highest BCUT2D eigenvalue weighted by molar-refractivity contribution is 5.73. The smallest absolute Gasteiger partial charge is 0.317 e. The molecule has 1 rings (SSSR count). The van der Waals surface area contributed by atoms with E-state index in [2.05, 4.69) is 10.5 Å². The third-order valence-electron chi connectivity index (χ3n) is 3.66. The average Bonchev–Trinajstić information content (AvgIpc) is 2.75. The summed E-state index contributed by atoms with van der Waals surface area (Å²) in [4.78, 5) is 13.6. The summed E-state index contributed by atoms with van der Waals surface area (Å²) < 4.78 is 5.09. The zero-order valence-electron chi connectivity index (χ0n) is 13.7. The fraction of sp³-hybridized carbons (Fsp3) is 0.733. The second-order valence-corrected chi connectivity index (χ2v) is 6.32. The maximum atomic E-state index is 12.0. The molecule has 0 spiro atoms. The Hall–Kier alpha value is -1.56. The van der Waals surface area contributed by atoms with E-state index in [0.717, 1.165) is 29.9 Å². The summed E-state index contributed by atoms with van der Waals surface area (Å²) in [5.74, 6) is 0.747. The van der Waals surface area contributed by atoms with E-state index in [1.165, 1.54) is 0 Å². The van der Waals surface area contributed by atoms with Crippen molar-refractivity contribution < 1.29 is 14.4 Å². The van der Waals surface area contributed by atoms with Crippen LogP contribution in [0.2, 0.25) is 0 Å². The molecule has 0 saturated carbocycles. The summed E-state index contributed by atoms with van der Waals surface area (Å²) in [6.07, 6.45) is 1.72. The van der Waals surface area contributed by atoms with Crippen molar-refractivity contribution in [2.45, 2.75) is 47.1 Å². The van der Waals surface area contributed by atoms with E-state index in [1.807, 2.05) is 27.7 Å². The second-order valence-electron chi connectivity index (χ2n) is 6.32. The Morgan fingerprint density at radius 2 is 2.10 bits per heavy atom. The highest BCUT2D eigenvalue weighted by atomic mass is 16.5. The number of aliphatic hydroxyl groups is 1. The van der Waals surface area contributed by atoms with Crippen LogP contribution >= 0.6 is 0 Å². The van der Waals surface area contributed by atoms with Gasteiger partial charge in [0.05, 0.1) is 12.2 Å². The molecule has 0 aliphatic heterocycles. The number of nitrogens with one attached hydrogen (secondary N) is 1. The number of aliphatic hydroxyl groups excluding tert-OH is 1. The van der Waals surface area contributed by atoms with E-state index < -0.39 is 0 Å². The molecule has 0 aliphatic carbocycles. The summed E-state index contributed by atoms with van der Waals surface area (Å²) >= 11 is 0. The molecule has 6 heteroatoms. The lowest BCUT2D eigenvalue weighted by Crippen LogP contribution is -2.37. The fourth-order valence-electron chi connectivity index (χ4n) is 2.01. The van der Waals surface area contributed by atoms with E-state index in [-0.39, 0.29) is 18.1 Å². The number of hydrogen-bond donors (Lipinski definition) is 2. The van der Waals surface area contributed by atoms with Crippen LogP contribution in [-0.2, 0) is 6.54 Å². The zero-order chi connectivity index (χ0) is 16.0. The number of carbonyl (C=O) groups is 1. The molecule has 0 atom stereocenters. The van der Waals surface area contributed by atoms with E-state index in [9.17, 15) is 9.90 Å². The number of aromatic nitrogens is 1. The van der Waals surface area contributed by atoms with Crippen molar-refractivity contribution in [2.24, 2.45) is 5.41 Å². The minimum Gasteiger partial charge on any atom is -0.396 e. The normalized spacial score (nSPS) is 11.5. The van der Waals surface area contributed by atoms with Gasteiger partial charge in [-0.1, -0.05) is 19.0 Å². The van der Waals surface area contributed by atoms with Gasteiger partial charge in [0.25, 0.3) is 0 Å². The van der Waals surface area contributed by atoms with Gasteiger partial charge in [0.15, 0.2) is 0 Å². The van der Waals surface area contributed by atoms with Crippen molar-refractivity contribution in [3.05, 3.63) is 17.0 Å². The van der Waals surface area contributed by atoms with Gasteiger partial charge in [-0.05, 0) is 32.1 Å². The Morgan fingerprint density at radius 1 is 1.43 bits per heavy atom. The number of amides is 2. The third kappa shape index (κ3) is 5.38. The molecule has 2 N–H and O–H groups in total. The quantitative estimate of drug-likeness (QED) is 0.756. The summed E-state index contributed by atoms with van der Waals surface area (Å²) in [6, 6.07) is -0.114. The molecule has 1 aromatic heterocycles. The molecule has 1 aromatic rings. The van der Waals surface area contributed by atoms with Crippen LogP contribution in [0.1, 0.15) is 43.7 Å². The minimum atomic E-state index is -0.114. The lowest BCUT2D eigenvalue weighted by molar-refractivity contribution is 0.147. The lowest BCUT2D eigenvalue weighted by atomic mass is 9.89. The van der Waals surface area contributed by atoms with Crippen LogP contribution in [0, 0.1) is 19.3 Å². The molecule has 6 nitrogen and oxygen atoms in total. The Kier molecular flexibility index (Phi) is 6.20. The molecule has 0 unspecified atom stereocenters. The Balaban J connectivity index is 2.35. The predicted octanol–water partition coefficient (Wildman–Crippen LogP) is 2.23. The molecular formula is C15H27N3O3. The molecule has 0 bridgehead atoms. The van der Waals surface area contributed by atoms with E-state index in [4.69, 9.17) is 4.52 Å². The van der Waals surface area contributed by atoms with Gasteiger partial charge in [-0.25, -0.2) is 4.79 Å². The highest BCUT2D eigenvalue weighted by Crippen LogP contribution is 2.20. The third-order valence-corrected chi connectivity index (χ3v) is 3.66. The first kappa shape index (κ1) is 17.5. The first-order chi connectivity index (χ1) is 9.76. The van der Waals surface area contributed by atoms with Crippen molar-refractivity contribution in [3.63, 3.8) is 0 Å². The zero-order valence-corrected chi connectivity index (χ0v) is 13.7. The van der Waals surface area contributed by atoms with Gasteiger partial charge >= 0.3 is 6.03 Å². The summed E-state index contributed by atoms with van der Waals surface area (Å²) in [7, 11) is 1.75. The number of urea groups is 1. The summed E-state index contributed by atoms with van der Waals surface area (Å²) in [6.45, 7) is 8.99. The maximum Gasteiger partial charge on any atom is 0.317 e. The Morgan fingerprint density at radius 3 is 2.62 bits per heavy atom. The molecule has 21 heavy (non-hydrogen) atoms. The van der Waals surface area contributed by atoms with Crippen LogP contribution in [0.15, 0.2) is 4.52 Å². The van der Waals surface area contributed by atoms with Gasteiger partial charge < -0.3 is 19.8 Å². The van der Waals surface area contributed by atoms with Crippen LogP contribution in [0.3, 0.4) is 0 Å². The van der Waals surface area contributed by atoms with Crippen molar-refractivity contribution in [1.29, 1.82) is 0 Å². The topological polar surface area (TPSA) is 78.6 Å². The van der Waals surface area contributed by atoms with Crippen LogP contribution in [-0.4, -0.2) is 41.4 Å². The monoisotopic (exact) mass is 297 g/mol. The number of aryl methyl sites for hydroxylation is 2. The van der Waals surface area contributed by atoms with Crippen molar-refractivity contribution in [3.8, 4) is 0 Å². The molecule has 0 fully saturated rings. The van der Waals surface area contributed by atoms with Gasteiger partial charge in [-0.15, -0.1) is 0 Å². The number of carbonyl (C=O) groups excluding carboxylic acids is 1. The Bertz CT molecular complexity index is 449. The standard InChI is InChI=1S/C15H27N3O3/c1-11-13(12(2)21-17-11)9-18(5)14(20)16-8-6-7-15(3,4)10-19/h19H,6-10H2,1-5H3,(H,16,20). The van der Waals surface area contributed by atoms with Gasteiger partial charge in [0, 0.05) is 25.8 Å². The lowest BCUT2D eigenvalue weighted by Gasteiger charge is -2.22. The largest absolute Gasteiger partial charge is 0.396 e. The molecule has 0 aliphatic rings. The van der Waals surface area contributed by atoms with Gasteiger partial charge in [-0.3, -0.25) is 0 Å². The molecular weight excluding hydrogens is 270 g/mol. The number of nitrogens with zero attached hydrogens (tertiary/aromatic N) is 2. The molecule has 2 amide bonds. The fourth-order valence-corrected chi connectivity index (χ4v) is 2.01. The highest BCUT2D eigenvalue weighted by Gasteiger charge is 2.17. The second kappa shape index (κ2) is 7.45. The number of hydrogen-bond acceptors (Lipinski definition) is 4. The van der Waals surface area contributed by atoms with Crippen LogP contribution in [0.5, 0.6) is 0 Å². The van der Waals surface area contributed by atoms with Crippen LogP contribution < -0.4 is 5.32 Å². The maximum absolute atomic E-state index is 12.0. The first-order valence-electron chi connectivity index (χ1n) is 7.28. The van der Waals surface area contributed by atoms with E-state index in [1.54, 1.807) is 11.9 Å². The number of rotatable bonds is 7. The molecule has 0 aromatic carbocycles. The molecule has 120 valence electrons. The van der Waals surface area contributed by atoms with Crippen molar-refractivity contribution in [2.75, 3.05) is 20.2 Å².